The van der Waals surface area contributed by atoms with Gasteiger partial charge in [0.2, 0.25) is 0 Å². The number of hydrogen-bond acceptors (Lipinski definition) is 2. The third-order valence-electron chi connectivity index (χ3n) is 2.62. The van der Waals surface area contributed by atoms with Gasteiger partial charge in [-0.1, -0.05) is 19.9 Å². The molecule has 0 amide bonds. The Labute approximate surface area is 117 Å². The Hall–Kier alpha value is -0.450. The van der Waals surface area contributed by atoms with Crippen molar-refractivity contribution >= 4 is 15.9 Å². The van der Waals surface area contributed by atoms with Crippen LogP contribution in [0.25, 0.3) is 0 Å². The first-order valence-corrected chi connectivity index (χ1v) is 7.24. The van der Waals surface area contributed by atoms with Gasteiger partial charge in [-0.05, 0) is 53.0 Å². The molecule has 1 aromatic rings. The summed E-state index contributed by atoms with van der Waals surface area (Å²) < 4.78 is 19.6. The zero-order chi connectivity index (χ0) is 13.4. The average Bonchev–Trinajstić information content (AvgIpc) is 2.37. The molecule has 1 rings (SSSR count). The first kappa shape index (κ1) is 15.6. The molecule has 0 saturated carbocycles. The molecule has 18 heavy (non-hydrogen) atoms. The molecule has 0 aliphatic heterocycles. The highest BCUT2D eigenvalue weighted by Gasteiger charge is 2.12. The summed E-state index contributed by atoms with van der Waals surface area (Å²) in [5.41, 5.74) is 0.931. The quantitative estimate of drug-likeness (QED) is 0.730. The minimum atomic E-state index is -0.230. The van der Waals surface area contributed by atoms with Crippen molar-refractivity contribution in [3.8, 4) is 0 Å². The highest BCUT2D eigenvalue weighted by atomic mass is 79.9. The van der Waals surface area contributed by atoms with Gasteiger partial charge in [-0.2, -0.15) is 0 Å². The Kier molecular flexibility index (Phi) is 7.47. The van der Waals surface area contributed by atoms with Gasteiger partial charge in [-0.15, -0.1) is 0 Å². The first-order chi connectivity index (χ1) is 8.69. The zero-order valence-corrected chi connectivity index (χ0v) is 12.6. The smallest absolute Gasteiger partial charge is 0.137 e. The van der Waals surface area contributed by atoms with Crippen LogP contribution in [0.3, 0.4) is 0 Å². The molecule has 0 radical (unpaired) electrons. The van der Waals surface area contributed by atoms with E-state index < -0.39 is 0 Å². The molecular formula is C14H21BrFNO. The van der Waals surface area contributed by atoms with Gasteiger partial charge < -0.3 is 10.1 Å². The van der Waals surface area contributed by atoms with Gasteiger partial charge >= 0.3 is 0 Å². The van der Waals surface area contributed by atoms with Crippen LogP contribution in [0, 0.1) is 5.82 Å². The van der Waals surface area contributed by atoms with E-state index in [-0.39, 0.29) is 11.9 Å². The molecule has 1 aromatic carbocycles. The van der Waals surface area contributed by atoms with Crippen LogP contribution in [-0.2, 0) is 4.74 Å². The zero-order valence-electron chi connectivity index (χ0n) is 11.0. The number of halogens is 2. The molecule has 0 spiro atoms. The lowest BCUT2D eigenvalue weighted by Crippen LogP contribution is -2.26. The van der Waals surface area contributed by atoms with Gasteiger partial charge in [-0.3, -0.25) is 0 Å². The van der Waals surface area contributed by atoms with Gasteiger partial charge in [0.15, 0.2) is 0 Å². The normalized spacial score (nSPS) is 12.7. The molecule has 102 valence electrons. The van der Waals surface area contributed by atoms with E-state index >= 15 is 0 Å². The maximum atomic E-state index is 13.5. The Balaban J connectivity index is 2.70. The highest BCUT2D eigenvalue weighted by Crippen LogP contribution is 2.21. The lowest BCUT2D eigenvalue weighted by atomic mass is 10.1. The van der Waals surface area contributed by atoms with Crippen molar-refractivity contribution in [1.29, 1.82) is 0 Å². The third-order valence-corrected chi connectivity index (χ3v) is 3.26. The molecule has 4 heteroatoms. The molecule has 0 fully saturated rings. The van der Waals surface area contributed by atoms with Crippen molar-refractivity contribution in [2.45, 2.75) is 32.7 Å². The van der Waals surface area contributed by atoms with Crippen LogP contribution in [-0.4, -0.2) is 19.8 Å². The molecule has 0 saturated heterocycles. The van der Waals surface area contributed by atoms with Crippen LogP contribution < -0.4 is 5.32 Å². The van der Waals surface area contributed by atoms with Crippen molar-refractivity contribution in [3.05, 3.63) is 34.1 Å². The molecule has 0 heterocycles. The predicted octanol–water partition coefficient (Wildman–Crippen LogP) is 4.06. The Morgan fingerprint density at radius 1 is 1.33 bits per heavy atom. The molecular weight excluding hydrogens is 297 g/mol. The molecule has 0 aliphatic rings. The van der Waals surface area contributed by atoms with Crippen LogP contribution in [0.1, 0.15) is 38.3 Å². The van der Waals surface area contributed by atoms with E-state index in [0.29, 0.717) is 11.1 Å². The topological polar surface area (TPSA) is 21.3 Å². The van der Waals surface area contributed by atoms with Crippen LogP contribution >= 0.6 is 15.9 Å². The van der Waals surface area contributed by atoms with E-state index in [0.717, 1.165) is 31.6 Å². The molecule has 0 aromatic heterocycles. The second-order valence-corrected chi connectivity index (χ2v) is 5.11. The highest BCUT2D eigenvalue weighted by molar-refractivity contribution is 9.10. The summed E-state index contributed by atoms with van der Waals surface area (Å²) in [4.78, 5) is 0. The first-order valence-electron chi connectivity index (χ1n) is 6.45. The van der Waals surface area contributed by atoms with Crippen LogP contribution in [0.2, 0.25) is 0 Å². The Morgan fingerprint density at radius 2 is 2.11 bits per heavy atom. The number of benzene rings is 1. The Morgan fingerprint density at radius 3 is 2.72 bits per heavy atom. The van der Waals surface area contributed by atoms with Gasteiger partial charge in [-0.25, -0.2) is 4.39 Å². The second-order valence-electron chi connectivity index (χ2n) is 4.26. The largest absolute Gasteiger partial charge is 0.379 e. The summed E-state index contributed by atoms with van der Waals surface area (Å²) in [5, 5.41) is 3.38. The third kappa shape index (κ3) is 5.04. The predicted molar refractivity (Wildman–Crippen MR) is 76.2 cm³/mol. The molecule has 0 bridgehead atoms. The fourth-order valence-electron chi connectivity index (χ4n) is 1.67. The van der Waals surface area contributed by atoms with Gasteiger partial charge in [0.25, 0.3) is 0 Å². The maximum absolute atomic E-state index is 13.5. The summed E-state index contributed by atoms with van der Waals surface area (Å²) in [5.74, 6) is -0.230. The summed E-state index contributed by atoms with van der Waals surface area (Å²) in [7, 11) is 0. The second kappa shape index (κ2) is 8.62. The SMILES string of the molecule is CCCNC(COCCC)c1ccc(Br)c(F)c1. The van der Waals surface area contributed by atoms with Gasteiger partial charge in [0.05, 0.1) is 17.1 Å². The molecule has 2 nitrogen and oxygen atoms in total. The van der Waals surface area contributed by atoms with Crippen LogP contribution in [0.15, 0.2) is 22.7 Å². The van der Waals surface area contributed by atoms with Crippen LogP contribution in [0.4, 0.5) is 4.39 Å². The van der Waals surface area contributed by atoms with E-state index in [9.17, 15) is 4.39 Å². The van der Waals surface area contributed by atoms with E-state index in [1.54, 1.807) is 12.1 Å². The fourth-order valence-corrected chi connectivity index (χ4v) is 1.91. The van der Waals surface area contributed by atoms with Crippen molar-refractivity contribution in [2.75, 3.05) is 19.8 Å². The lowest BCUT2D eigenvalue weighted by molar-refractivity contribution is 0.112. The van der Waals surface area contributed by atoms with Gasteiger partial charge in [0.1, 0.15) is 5.82 Å². The van der Waals surface area contributed by atoms with E-state index in [1.165, 1.54) is 0 Å². The Bertz CT molecular complexity index is 360. The number of hydrogen-bond donors (Lipinski definition) is 1. The average molecular weight is 318 g/mol. The van der Waals surface area contributed by atoms with E-state index in [4.69, 9.17) is 4.74 Å². The molecule has 1 N–H and O–H groups in total. The van der Waals surface area contributed by atoms with E-state index in [1.807, 2.05) is 6.07 Å². The monoisotopic (exact) mass is 317 g/mol. The van der Waals surface area contributed by atoms with Crippen molar-refractivity contribution in [1.82, 2.24) is 5.32 Å². The van der Waals surface area contributed by atoms with Crippen LogP contribution in [0.5, 0.6) is 0 Å². The number of nitrogens with one attached hydrogen (secondary N) is 1. The van der Waals surface area contributed by atoms with Crippen molar-refractivity contribution in [2.24, 2.45) is 0 Å². The fraction of sp³-hybridized carbons (Fsp3) is 0.571. The minimum Gasteiger partial charge on any atom is -0.379 e. The van der Waals surface area contributed by atoms with Crippen molar-refractivity contribution in [3.63, 3.8) is 0 Å². The number of ether oxygens (including phenoxy) is 1. The standard InChI is InChI=1S/C14H21BrFNO/c1-3-7-17-14(10-18-8-4-2)11-5-6-12(15)13(16)9-11/h5-6,9,14,17H,3-4,7-8,10H2,1-2H3. The number of rotatable bonds is 8. The summed E-state index contributed by atoms with van der Waals surface area (Å²) in [6.45, 7) is 6.41. The van der Waals surface area contributed by atoms with Gasteiger partial charge in [0, 0.05) is 6.61 Å². The lowest BCUT2D eigenvalue weighted by Gasteiger charge is -2.19. The maximum Gasteiger partial charge on any atom is 0.137 e. The van der Waals surface area contributed by atoms with E-state index in [2.05, 4.69) is 35.1 Å². The summed E-state index contributed by atoms with van der Waals surface area (Å²) in [6, 6.07) is 5.28. The van der Waals surface area contributed by atoms with Crippen molar-refractivity contribution < 1.29 is 9.13 Å². The molecule has 0 aliphatic carbocycles. The molecule has 1 atom stereocenters. The minimum absolute atomic E-state index is 0.0547. The molecule has 1 unspecified atom stereocenters. The summed E-state index contributed by atoms with van der Waals surface area (Å²) in [6.07, 6.45) is 2.04. The summed E-state index contributed by atoms with van der Waals surface area (Å²) >= 11 is 3.17.